The molecule has 0 fully saturated rings. The van der Waals surface area contributed by atoms with Crippen LogP contribution in [-0.4, -0.2) is 23.2 Å². The molecule has 22 heavy (non-hydrogen) atoms. The average Bonchev–Trinajstić information content (AvgIpc) is 2.88. The average molecular weight is 301 g/mol. The van der Waals surface area contributed by atoms with Crippen molar-refractivity contribution in [1.82, 2.24) is 5.16 Å². The molecular weight excluding hydrogens is 282 g/mol. The molecule has 0 saturated carbocycles. The van der Waals surface area contributed by atoms with Crippen molar-refractivity contribution in [2.75, 3.05) is 18.0 Å². The van der Waals surface area contributed by atoms with Gasteiger partial charge in [0.25, 0.3) is 0 Å². The van der Waals surface area contributed by atoms with E-state index in [4.69, 9.17) is 4.52 Å². The van der Waals surface area contributed by atoms with Crippen LogP contribution in [0.25, 0.3) is 12.2 Å². The maximum absolute atomic E-state index is 11.0. The summed E-state index contributed by atoms with van der Waals surface area (Å²) in [5, 5.41) is 14.6. The first-order valence-corrected chi connectivity index (χ1v) is 7.20. The van der Waals surface area contributed by atoms with Gasteiger partial charge in [-0.15, -0.1) is 0 Å². The molecule has 0 atom stereocenters. The van der Waals surface area contributed by atoms with Crippen LogP contribution in [0.15, 0.2) is 28.8 Å². The Bertz CT molecular complexity index is 670. The summed E-state index contributed by atoms with van der Waals surface area (Å²) in [6, 6.07) is 8.01. The van der Waals surface area contributed by atoms with E-state index < -0.39 is 4.92 Å². The van der Waals surface area contributed by atoms with Gasteiger partial charge in [-0.25, -0.2) is 0 Å². The zero-order valence-corrected chi connectivity index (χ0v) is 12.9. The Morgan fingerprint density at radius 3 is 2.41 bits per heavy atom. The minimum Gasteiger partial charge on any atom is -0.372 e. The Hall–Kier alpha value is -2.63. The molecule has 0 saturated heterocycles. The molecule has 2 aromatic rings. The third kappa shape index (κ3) is 3.33. The fraction of sp³-hybridized carbons (Fsp3) is 0.312. The molecule has 0 aliphatic carbocycles. The van der Waals surface area contributed by atoms with Gasteiger partial charge < -0.3 is 9.42 Å². The van der Waals surface area contributed by atoms with Crippen LogP contribution in [0.4, 0.5) is 11.4 Å². The van der Waals surface area contributed by atoms with E-state index in [9.17, 15) is 10.1 Å². The monoisotopic (exact) mass is 301 g/mol. The van der Waals surface area contributed by atoms with Crippen molar-refractivity contribution in [2.45, 2.75) is 20.8 Å². The van der Waals surface area contributed by atoms with Gasteiger partial charge in [-0.3, -0.25) is 10.1 Å². The molecular formula is C16H19N3O3. The molecule has 0 aliphatic rings. The molecule has 1 aromatic carbocycles. The van der Waals surface area contributed by atoms with Crippen LogP contribution >= 0.6 is 0 Å². The number of aromatic nitrogens is 1. The van der Waals surface area contributed by atoms with Crippen molar-refractivity contribution in [3.63, 3.8) is 0 Å². The minimum absolute atomic E-state index is 0.0870. The molecule has 0 amide bonds. The number of aryl methyl sites for hydroxylation is 1. The molecule has 2 rings (SSSR count). The summed E-state index contributed by atoms with van der Waals surface area (Å²) >= 11 is 0. The van der Waals surface area contributed by atoms with Crippen LogP contribution < -0.4 is 4.90 Å². The molecule has 0 spiro atoms. The van der Waals surface area contributed by atoms with E-state index >= 15 is 0 Å². The highest BCUT2D eigenvalue weighted by molar-refractivity contribution is 5.72. The molecule has 0 unspecified atom stereocenters. The number of nitro groups is 1. The van der Waals surface area contributed by atoms with E-state index in [0.29, 0.717) is 0 Å². The van der Waals surface area contributed by atoms with Crippen LogP contribution in [0.1, 0.15) is 30.9 Å². The molecule has 0 aliphatic heterocycles. The molecule has 116 valence electrons. The Labute approximate surface area is 129 Å². The standard InChI is InChI=1S/C16H19N3O3/c1-4-18(5-2)14-9-6-13(7-10-14)8-11-15-16(19(20)21)12(3)17-22-15/h6-11H,4-5H2,1-3H3/b11-8-. The van der Waals surface area contributed by atoms with E-state index in [1.807, 2.05) is 24.3 Å². The van der Waals surface area contributed by atoms with E-state index in [-0.39, 0.29) is 17.1 Å². The van der Waals surface area contributed by atoms with Gasteiger partial charge in [-0.2, -0.15) is 0 Å². The summed E-state index contributed by atoms with van der Waals surface area (Å²) in [5.41, 5.74) is 2.29. The van der Waals surface area contributed by atoms with Crippen LogP contribution in [-0.2, 0) is 0 Å². The van der Waals surface area contributed by atoms with Crippen molar-refractivity contribution >= 4 is 23.5 Å². The predicted octanol–water partition coefficient (Wildman–Crippen LogP) is 3.91. The second-order valence-electron chi connectivity index (χ2n) is 4.84. The van der Waals surface area contributed by atoms with Gasteiger partial charge in [0.1, 0.15) is 0 Å². The highest BCUT2D eigenvalue weighted by atomic mass is 16.6. The third-order valence-electron chi connectivity index (χ3n) is 3.49. The molecule has 0 radical (unpaired) electrons. The first-order valence-electron chi connectivity index (χ1n) is 7.20. The Morgan fingerprint density at radius 2 is 1.86 bits per heavy atom. The van der Waals surface area contributed by atoms with E-state index in [1.165, 1.54) is 0 Å². The summed E-state index contributed by atoms with van der Waals surface area (Å²) in [4.78, 5) is 12.7. The fourth-order valence-corrected chi connectivity index (χ4v) is 2.27. The van der Waals surface area contributed by atoms with Gasteiger partial charge in [0.2, 0.25) is 5.76 Å². The summed E-state index contributed by atoms with van der Waals surface area (Å²) < 4.78 is 4.99. The van der Waals surface area contributed by atoms with Crippen molar-refractivity contribution in [1.29, 1.82) is 0 Å². The van der Waals surface area contributed by atoms with E-state index in [0.717, 1.165) is 24.3 Å². The van der Waals surface area contributed by atoms with Crippen molar-refractivity contribution in [2.24, 2.45) is 0 Å². The maximum atomic E-state index is 11.0. The number of anilines is 1. The zero-order chi connectivity index (χ0) is 16.1. The summed E-state index contributed by atoms with van der Waals surface area (Å²) in [6.45, 7) is 7.69. The van der Waals surface area contributed by atoms with Crippen LogP contribution in [0, 0.1) is 17.0 Å². The molecule has 0 bridgehead atoms. The minimum atomic E-state index is -0.477. The summed E-state index contributed by atoms with van der Waals surface area (Å²) in [5.74, 6) is 0.162. The Kier molecular flexibility index (Phi) is 4.93. The highest BCUT2D eigenvalue weighted by Gasteiger charge is 2.21. The number of hydrogen-bond acceptors (Lipinski definition) is 5. The largest absolute Gasteiger partial charge is 0.372 e. The van der Waals surface area contributed by atoms with Crippen molar-refractivity contribution < 1.29 is 9.45 Å². The van der Waals surface area contributed by atoms with Gasteiger partial charge >= 0.3 is 5.69 Å². The second-order valence-corrected chi connectivity index (χ2v) is 4.84. The van der Waals surface area contributed by atoms with Gasteiger partial charge in [-0.05, 0) is 44.5 Å². The normalized spacial score (nSPS) is 11.0. The number of rotatable bonds is 6. The molecule has 6 heteroatoms. The van der Waals surface area contributed by atoms with Crippen molar-refractivity contribution in [3.8, 4) is 0 Å². The predicted molar refractivity (Wildman–Crippen MR) is 86.8 cm³/mol. The first-order chi connectivity index (χ1) is 10.6. The molecule has 6 nitrogen and oxygen atoms in total. The van der Waals surface area contributed by atoms with Gasteiger partial charge in [0.05, 0.1) is 4.92 Å². The number of hydrogen-bond donors (Lipinski definition) is 0. The van der Waals surface area contributed by atoms with Gasteiger partial charge in [-0.1, -0.05) is 23.4 Å². The van der Waals surface area contributed by atoms with Crippen LogP contribution in [0.2, 0.25) is 0 Å². The van der Waals surface area contributed by atoms with Gasteiger partial charge in [0.15, 0.2) is 5.69 Å². The Balaban J connectivity index is 2.19. The van der Waals surface area contributed by atoms with E-state index in [2.05, 4.69) is 23.9 Å². The van der Waals surface area contributed by atoms with Crippen LogP contribution in [0.5, 0.6) is 0 Å². The van der Waals surface area contributed by atoms with Crippen molar-refractivity contribution in [3.05, 3.63) is 51.4 Å². The number of nitrogens with zero attached hydrogens (tertiary/aromatic N) is 3. The quantitative estimate of drug-likeness (QED) is 0.597. The topological polar surface area (TPSA) is 72.4 Å². The molecule has 0 N–H and O–H groups in total. The lowest BCUT2D eigenvalue weighted by molar-refractivity contribution is -0.386. The van der Waals surface area contributed by atoms with E-state index in [1.54, 1.807) is 19.1 Å². The lowest BCUT2D eigenvalue weighted by atomic mass is 10.1. The first kappa shape index (κ1) is 15.8. The lowest BCUT2D eigenvalue weighted by Crippen LogP contribution is -2.21. The maximum Gasteiger partial charge on any atom is 0.338 e. The summed E-state index contributed by atoms with van der Waals surface area (Å²) in [6.07, 6.45) is 3.35. The molecule has 1 heterocycles. The van der Waals surface area contributed by atoms with Gasteiger partial charge in [0, 0.05) is 18.8 Å². The zero-order valence-electron chi connectivity index (χ0n) is 12.9. The molecule has 1 aromatic heterocycles. The smallest absolute Gasteiger partial charge is 0.338 e. The third-order valence-corrected chi connectivity index (χ3v) is 3.49. The SMILES string of the molecule is CCN(CC)c1ccc(/C=C\c2onc(C)c2[N+](=O)[O-])cc1. The summed E-state index contributed by atoms with van der Waals surface area (Å²) in [7, 11) is 0. The fourth-order valence-electron chi connectivity index (χ4n) is 2.27. The van der Waals surface area contributed by atoms with Crippen LogP contribution in [0.3, 0.4) is 0 Å². The highest BCUT2D eigenvalue weighted by Crippen LogP contribution is 2.25. The number of benzene rings is 1. The Morgan fingerprint density at radius 1 is 1.23 bits per heavy atom. The second kappa shape index (κ2) is 6.89. The lowest BCUT2D eigenvalue weighted by Gasteiger charge is -2.20.